The molecule has 32 heavy (non-hydrogen) atoms. The fraction of sp³-hybridized carbons (Fsp3) is 0.167. The van der Waals surface area contributed by atoms with E-state index in [0.29, 0.717) is 6.42 Å². The zero-order valence-electron chi connectivity index (χ0n) is 17.4. The molecule has 4 aromatic rings. The third-order valence-corrected chi connectivity index (χ3v) is 6.49. The van der Waals surface area contributed by atoms with Crippen molar-refractivity contribution in [2.75, 3.05) is 13.1 Å². The zero-order valence-corrected chi connectivity index (χ0v) is 18.3. The number of hydrogen-bond donors (Lipinski definition) is 2. The molecule has 3 aromatic carbocycles. The van der Waals surface area contributed by atoms with Gasteiger partial charge in [-0.05, 0) is 36.4 Å². The van der Waals surface area contributed by atoms with E-state index in [4.69, 9.17) is 4.98 Å². The van der Waals surface area contributed by atoms with Gasteiger partial charge in [-0.25, -0.2) is 18.1 Å². The van der Waals surface area contributed by atoms with Gasteiger partial charge in [0.15, 0.2) is 0 Å². The molecule has 0 spiro atoms. The summed E-state index contributed by atoms with van der Waals surface area (Å²) in [5.74, 6) is 0.646. The second-order valence-corrected chi connectivity index (χ2v) is 9.02. The van der Waals surface area contributed by atoms with Crippen LogP contribution >= 0.6 is 0 Å². The molecular weight excluding hydrogens is 424 g/mol. The van der Waals surface area contributed by atoms with Crippen LogP contribution in [-0.4, -0.2) is 37.0 Å². The van der Waals surface area contributed by atoms with Gasteiger partial charge < -0.3 is 5.32 Å². The van der Waals surface area contributed by atoms with Crippen molar-refractivity contribution in [1.82, 2.24) is 19.6 Å². The van der Waals surface area contributed by atoms with Gasteiger partial charge in [0.25, 0.3) is 0 Å². The van der Waals surface area contributed by atoms with Crippen molar-refractivity contribution < 1.29 is 13.2 Å². The van der Waals surface area contributed by atoms with Crippen LogP contribution in [0.3, 0.4) is 0 Å². The Morgan fingerprint density at radius 3 is 2.25 bits per heavy atom. The maximum absolute atomic E-state index is 12.3. The van der Waals surface area contributed by atoms with Gasteiger partial charge in [-0.15, -0.1) is 0 Å². The third-order valence-electron chi connectivity index (χ3n) is 5.01. The van der Waals surface area contributed by atoms with E-state index in [-0.39, 0.29) is 30.3 Å². The molecule has 7 nitrogen and oxygen atoms in total. The van der Waals surface area contributed by atoms with Crippen LogP contribution in [0, 0.1) is 0 Å². The number of carbonyl (C=O) groups is 1. The van der Waals surface area contributed by atoms with Crippen molar-refractivity contribution in [2.45, 2.75) is 17.7 Å². The first-order chi connectivity index (χ1) is 15.5. The summed E-state index contributed by atoms with van der Waals surface area (Å²) in [7, 11) is -3.58. The number of nitrogens with zero attached hydrogens (tertiary/aromatic N) is 2. The van der Waals surface area contributed by atoms with Gasteiger partial charge >= 0.3 is 0 Å². The summed E-state index contributed by atoms with van der Waals surface area (Å²) >= 11 is 0. The first-order valence-corrected chi connectivity index (χ1v) is 11.9. The van der Waals surface area contributed by atoms with Crippen molar-refractivity contribution >= 4 is 27.0 Å². The fourth-order valence-corrected chi connectivity index (χ4v) is 4.55. The Bertz CT molecular complexity index is 1300. The van der Waals surface area contributed by atoms with Crippen LogP contribution in [0.5, 0.6) is 0 Å². The minimum Gasteiger partial charge on any atom is -0.355 e. The van der Waals surface area contributed by atoms with E-state index < -0.39 is 10.0 Å². The second kappa shape index (κ2) is 9.76. The standard InChI is InChI=1S/C24H24N4O3S/c29-24(25-17-18-26-32(30,31)20-11-5-2-6-12-20)16-15-23-27-21-13-7-8-14-22(21)28(23)19-9-3-1-4-10-19/h1-14,26H,15-18H2,(H,25,29). The maximum atomic E-state index is 12.3. The largest absolute Gasteiger partial charge is 0.355 e. The summed E-state index contributed by atoms with van der Waals surface area (Å²) < 4.78 is 29.0. The number of sulfonamides is 1. The van der Waals surface area contributed by atoms with Crippen molar-refractivity contribution in [3.05, 3.63) is 90.8 Å². The number of amides is 1. The van der Waals surface area contributed by atoms with Gasteiger partial charge in [0.1, 0.15) is 5.82 Å². The van der Waals surface area contributed by atoms with Crippen LogP contribution < -0.4 is 10.0 Å². The van der Waals surface area contributed by atoms with E-state index in [1.165, 1.54) is 12.1 Å². The van der Waals surface area contributed by atoms with Crippen LogP contribution in [0.2, 0.25) is 0 Å². The lowest BCUT2D eigenvalue weighted by atomic mass is 10.2. The Balaban J connectivity index is 1.35. The van der Waals surface area contributed by atoms with Gasteiger partial charge in [-0.1, -0.05) is 48.5 Å². The lowest BCUT2D eigenvalue weighted by Gasteiger charge is -2.10. The van der Waals surface area contributed by atoms with Crippen LogP contribution in [0.15, 0.2) is 89.8 Å². The Kier molecular flexibility index (Phi) is 6.63. The van der Waals surface area contributed by atoms with E-state index in [2.05, 4.69) is 14.6 Å². The number of imidazole rings is 1. The highest BCUT2D eigenvalue weighted by Crippen LogP contribution is 2.22. The number of fused-ring (bicyclic) bond motifs is 1. The van der Waals surface area contributed by atoms with Gasteiger partial charge in [0, 0.05) is 31.6 Å². The van der Waals surface area contributed by atoms with Crippen molar-refractivity contribution in [1.29, 1.82) is 0 Å². The predicted octanol–water partition coefficient (Wildman–Crippen LogP) is 3.05. The molecule has 8 heteroatoms. The molecule has 4 rings (SSSR count). The number of carbonyl (C=O) groups excluding carboxylic acids is 1. The van der Waals surface area contributed by atoms with Crippen LogP contribution in [0.25, 0.3) is 16.7 Å². The van der Waals surface area contributed by atoms with E-state index in [9.17, 15) is 13.2 Å². The number of para-hydroxylation sites is 3. The smallest absolute Gasteiger partial charge is 0.240 e. The third kappa shape index (κ3) is 5.04. The highest BCUT2D eigenvalue weighted by Gasteiger charge is 2.14. The van der Waals surface area contributed by atoms with Crippen LogP contribution in [0.4, 0.5) is 0 Å². The monoisotopic (exact) mass is 448 g/mol. The van der Waals surface area contributed by atoms with E-state index >= 15 is 0 Å². The van der Waals surface area contributed by atoms with Gasteiger partial charge in [-0.3, -0.25) is 9.36 Å². The average molecular weight is 449 g/mol. The van der Waals surface area contributed by atoms with Crippen LogP contribution in [-0.2, 0) is 21.2 Å². The van der Waals surface area contributed by atoms with E-state index in [0.717, 1.165) is 22.5 Å². The number of rotatable bonds is 9. The summed E-state index contributed by atoms with van der Waals surface area (Å²) in [6, 6.07) is 25.9. The molecule has 0 fully saturated rings. The molecule has 0 atom stereocenters. The zero-order chi connectivity index (χ0) is 22.4. The van der Waals surface area contributed by atoms with Crippen molar-refractivity contribution in [3.63, 3.8) is 0 Å². The molecule has 0 aliphatic carbocycles. The van der Waals surface area contributed by atoms with Gasteiger partial charge in [0.05, 0.1) is 15.9 Å². The minimum atomic E-state index is -3.58. The Hall–Kier alpha value is -3.49. The molecule has 0 unspecified atom stereocenters. The minimum absolute atomic E-state index is 0.117. The van der Waals surface area contributed by atoms with Crippen molar-refractivity contribution in [2.24, 2.45) is 0 Å². The lowest BCUT2D eigenvalue weighted by Crippen LogP contribution is -2.34. The summed E-state index contributed by atoms with van der Waals surface area (Å²) in [6.45, 7) is 0.325. The molecule has 1 aromatic heterocycles. The maximum Gasteiger partial charge on any atom is 0.240 e. The highest BCUT2D eigenvalue weighted by molar-refractivity contribution is 7.89. The Labute approximate surface area is 187 Å². The molecule has 0 bridgehead atoms. The first kappa shape index (κ1) is 21.7. The fourth-order valence-electron chi connectivity index (χ4n) is 3.49. The summed E-state index contributed by atoms with van der Waals surface area (Å²) in [5, 5.41) is 2.77. The average Bonchev–Trinajstić information content (AvgIpc) is 3.20. The molecule has 0 aliphatic rings. The highest BCUT2D eigenvalue weighted by atomic mass is 32.2. The quantitative estimate of drug-likeness (QED) is 0.385. The summed E-state index contributed by atoms with van der Waals surface area (Å²) in [4.78, 5) is 17.3. The molecule has 1 amide bonds. The van der Waals surface area contributed by atoms with Gasteiger partial charge in [-0.2, -0.15) is 0 Å². The molecular formula is C24H24N4O3S. The van der Waals surface area contributed by atoms with Gasteiger partial charge in [0.2, 0.25) is 15.9 Å². The van der Waals surface area contributed by atoms with Crippen molar-refractivity contribution in [3.8, 4) is 5.69 Å². The molecule has 0 aliphatic heterocycles. The predicted molar refractivity (Wildman–Crippen MR) is 124 cm³/mol. The second-order valence-electron chi connectivity index (χ2n) is 7.25. The number of aryl methyl sites for hydroxylation is 1. The number of hydrogen-bond acceptors (Lipinski definition) is 4. The summed E-state index contributed by atoms with van der Waals surface area (Å²) in [6.07, 6.45) is 0.715. The Morgan fingerprint density at radius 1 is 0.844 bits per heavy atom. The molecule has 0 radical (unpaired) electrons. The molecule has 0 saturated carbocycles. The normalized spacial score (nSPS) is 11.5. The Morgan fingerprint density at radius 2 is 1.50 bits per heavy atom. The summed E-state index contributed by atoms with van der Waals surface area (Å²) in [5.41, 5.74) is 2.86. The van der Waals surface area contributed by atoms with E-state index in [1.54, 1.807) is 18.2 Å². The number of nitrogens with one attached hydrogen (secondary N) is 2. The van der Waals surface area contributed by atoms with Crippen LogP contribution in [0.1, 0.15) is 12.2 Å². The van der Waals surface area contributed by atoms with E-state index in [1.807, 2.05) is 54.6 Å². The molecule has 164 valence electrons. The SMILES string of the molecule is O=C(CCc1nc2ccccc2n1-c1ccccc1)NCCNS(=O)(=O)c1ccccc1. The number of aromatic nitrogens is 2. The molecule has 2 N–H and O–H groups in total. The topological polar surface area (TPSA) is 93.1 Å². The first-order valence-electron chi connectivity index (χ1n) is 10.4. The lowest BCUT2D eigenvalue weighted by molar-refractivity contribution is -0.121. The molecule has 0 saturated heterocycles. The number of benzene rings is 3. The molecule has 1 heterocycles.